The summed E-state index contributed by atoms with van der Waals surface area (Å²) < 4.78 is 1.90. The van der Waals surface area contributed by atoms with Crippen molar-refractivity contribution in [2.45, 2.75) is 13.8 Å². The number of nitrogens with zero attached hydrogens (tertiary/aromatic N) is 2. The number of carbonyl (C=O) groups is 1. The Labute approximate surface area is 168 Å². The maximum atomic E-state index is 12.7. The number of aryl methyl sites for hydroxylation is 2. The van der Waals surface area contributed by atoms with Gasteiger partial charge in [-0.3, -0.25) is 9.72 Å². The lowest BCUT2D eigenvalue weighted by molar-refractivity contribution is 0.262. The molecule has 6 heteroatoms. The molecule has 2 aromatic heterocycles. The monoisotopic (exact) mass is 390 g/mol. The van der Waals surface area contributed by atoms with Gasteiger partial charge in [0, 0.05) is 22.5 Å². The Hall–Kier alpha value is -3.31. The van der Waals surface area contributed by atoms with E-state index < -0.39 is 0 Å². The number of carbonyl (C=O) groups excluding carboxylic acids is 1. The molecule has 28 heavy (non-hydrogen) atoms. The van der Waals surface area contributed by atoms with Crippen LogP contribution in [0.15, 0.2) is 66.9 Å². The highest BCUT2D eigenvalue weighted by molar-refractivity contribution is 6.30. The van der Waals surface area contributed by atoms with Gasteiger partial charge < -0.3 is 5.32 Å². The predicted molar refractivity (Wildman–Crippen MR) is 114 cm³/mol. The Morgan fingerprint density at radius 3 is 2.46 bits per heavy atom. The van der Waals surface area contributed by atoms with E-state index in [9.17, 15) is 4.79 Å². The molecule has 140 valence electrons. The highest BCUT2D eigenvalue weighted by Gasteiger charge is 2.18. The molecule has 0 unspecified atom stereocenters. The number of rotatable bonds is 3. The van der Waals surface area contributed by atoms with Crippen LogP contribution in [0, 0.1) is 13.8 Å². The van der Waals surface area contributed by atoms with E-state index in [1.807, 2.05) is 60.8 Å². The maximum Gasteiger partial charge on any atom is 0.324 e. The van der Waals surface area contributed by atoms with Gasteiger partial charge in [-0.15, -0.1) is 0 Å². The molecule has 2 amide bonds. The summed E-state index contributed by atoms with van der Waals surface area (Å²) in [6.07, 6.45) is 1.96. The van der Waals surface area contributed by atoms with E-state index in [1.165, 1.54) is 0 Å². The lowest BCUT2D eigenvalue weighted by atomic mass is 10.1. The molecule has 0 saturated carbocycles. The number of aromatic nitrogens is 2. The molecule has 2 N–H and O–H groups in total. The Morgan fingerprint density at radius 1 is 0.964 bits per heavy atom. The smallest absolute Gasteiger partial charge is 0.308 e. The third-order valence-electron chi connectivity index (χ3n) is 4.50. The van der Waals surface area contributed by atoms with Crippen LogP contribution in [0.25, 0.3) is 16.9 Å². The molecule has 0 fully saturated rings. The largest absolute Gasteiger partial charge is 0.324 e. The van der Waals surface area contributed by atoms with Crippen LogP contribution in [0.5, 0.6) is 0 Å². The molecule has 0 aliphatic rings. The average molecular weight is 391 g/mol. The molecular weight excluding hydrogens is 372 g/mol. The summed E-state index contributed by atoms with van der Waals surface area (Å²) in [6.45, 7) is 4.03. The summed E-state index contributed by atoms with van der Waals surface area (Å²) >= 11 is 5.91. The summed E-state index contributed by atoms with van der Waals surface area (Å²) in [5.74, 6) is 0.625. The molecule has 4 rings (SSSR count). The van der Waals surface area contributed by atoms with Gasteiger partial charge in [-0.1, -0.05) is 41.9 Å². The highest BCUT2D eigenvalue weighted by Crippen LogP contribution is 2.31. The average Bonchev–Trinajstić information content (AvgIpc) is 3.01. The Morgan fingerprint density at radius 2 is 1.71 bits per heavy atom. The number of halogens is 1. The first-order valence-electron chi connectivity index (χ1n) is 8.89. The zero-order chi connectivity index (χ0) is 19.7. The van der Waals surface area contributed by atoms with Crippen molar-refractivity contribution in [2.75, 3.05) is 10.6 Å². The van der Waals surface area contributed by atoms with E-state index in [0.29, 0.717) is 16.5 Å². The molecule has 0 aliphatic heterocycles. The molecule has 4 aromatic rings. The van der Waals surface area contributed by atoms with Crippen molar-refractivity contribution in [3.05, 3.63) is 83.0 Å². The van der Waals surface area contributed by atoms with E-state index in [-0.39, 0.29) is 6.03 Å². The molecule has 0 bridgehead atoms. The second-order valence-electron chi connectivity index (χ2n) is 6.64. The lowest BCUT2D eigenvalue weighted by Gasteiger charge is -2.11. The zero-order valence-electron chi connectivity index (χ0n) is 15.5. The molecule has 0 spiro atoms. The molecule has 2 heterocycles. The fraction of sp³-hybridized carbons (Fsp3) is 0.0909. The van der Waals surface area contributed by atoms with Crippen molar-refractivity contribution in [3.8, 4) is 11.3 Å². The number of hydrogen-bond donors (Lipinski definition) is 2. The van der Waals surface area contributed by atoms with Crippen molar-refractivity contribution in [2.24, 2.45) is 0 Å². The normalized spacial score (nSPS) is 10.8. The number of fused-ring (bicyclic) bond motifs is 1. The summed E-state index contributed by atoms with van der Waals surface area (Å²) in [7, 11) is 0. The van der Waals surface area contributed by atoms with Crippen LogP contribution >= 0.6 is 11.6 Å². The molecular formula is C22H19ClN4O. The van der Waals surface area contributed by atoms with Gasteiger partial charge in [-0.05, 0) is 55.3 Å². The van der Waals surface area contributed by atoms with Crippen LogP contribution < -0.4 is 10.6 Å². The number of nitrogens with one attached hydrogen (secondary N) is 2. The van der Waals surface area contributed by atoms with Crippen LogP contribution in [-0.4, -0.2) is 15.4 Å². The van der Waals surface area contributed by atoms with Crippen LogP contribution in [0.3, 0.4) is 0 Å². The summed E-state index contributed by atoms with van der Waals surface area (Å²) in [6, 6.07) is 18.6. The van der Waals surface area contributed by atoms with Gasteiger partial charge in [0.1, 0.15) is 17.2 Å². The SMILES string of the molecule is Cc1ccc2nc(-c3ccccc3C)c(NC(=O)Nc3ccc(Cl)cc3)n2c1. The first kappa shape index (κ1) is 18.1. The lowest BCUT2D eigenvalue weighted by Crippen LogP contribution is -2.20. The first-order valence-corrected chi connectivity index (χ1v) is 9.27. The minimum atomic E-state index is -0.347. The summed E-state index contributed by atoms with van der Waals surface area (Å²) in [5, 5.41) is 6.41. The number of pyridine rings is 1. The molecule has 0 aliphatic carbocycles. The minimum absolute atomic E-state index is 0.347. The second-order valence-corrected chi connectivity index (χ2v) is 7.08. The number of benzene rings is 2. The van der Waals surface area contributed by atoms with E-state index in [0.717, 1.165) is 28.0 Å². The number of hydrogen-bond acceptors (Lipinski definition) is 2. The fourth-order valence-electron chi connectivity index (χ4n) is 3.10. The predicted octanol–water partition coefficient (Wildman–Crippen LogP) is 5.92. The van der Waals surface area contributed by atoms with Gasteiger partial charge in [0.05, 0.1) is 0 Å². The third-order valence-corrected chi connectivity index (χ3v) is 4.75. The molecule has 0 radical (unpaired) electrons. The summed E-state index contributed by atoms with van der Waals surface area (Å²) in [5.41, 5.74) is 5.29. The number of urea groups is 1. The van der Waals surface area contributed by atoms with E-state index >= 15 is 0 Å². The minimum Gasteiger partial charge on any atom is -0.308 e. The van der Waals surface area contributed by atoms with Crippen molar-refractivity contribution in [1.82, 2.24) is 9.38 Å². The maximum absolute atomic E-state index is 12.7. The summed E-state index contributed by atoms with van der Waals surface area (Å²) in [4.78, 5) is 17.4. The van der Waals surface area contributed by atoms with Gasteiger partial charge in [0.25, 0.3) is 0 Å². The van der Waals surface area contributed by atoms with Crippen molar-refractivity contribution >= 4 is 34.8 Å². The quantitative estimate of drug-likeness (QED) is 0.456. The number of anilines is 2. The van der Waals surface area contributed by atoms with Gasteiger partial charge in [-0.25, -0.2) is 9.78 Å². The molecule has 0 saturated heterocycles. The van der Waals surface area contributed by atoms with Crippen molar-refractivity contribution < 1.29 is 4.79 Å². The Kier molecular flexibility index (Phi) is 4.75. The van der Waals surface area contributed by atoms with Crippen LogP contribution in [0.4, 0.5) is 16.3 Å². The number of imidazole rings is 1. The Bertz CT molecular complexity index is 1170. The zero-order valence-corrected chi connectivity index (χ0v) is 16.3. The van der Waals surface area contributed by atoms with Crippen LogP contribution in [-0.2, 0) is 0 Å². The van der Waals surface area contributed by atoms with Gasteiger partial charge in [0.2, 0.25) is 0 Å². The van der Waals surface area contributed by atoms with Crippen molar-refractivity contribution in [3.63, 3.8) is 0 Å². The van der Waals surface area contributed by atoms with E-state index in [4.69, 9.17) is 16.6 Å². The van der Waals surface area contributed by atoms with Crippen LogP contribution in [0.2, 0.25) is 5.02 Å². The molecule has 2 aromatic carbocycles. The van der Waals surface area contributed by atoms with Gasteiger partial charge >= 0.3 is 6.03 Å². The van der Waals surface area contributed by atoms with Crippen molar-refractivity contribution in [1.29, 1.82) is 0 Å². The first-order chi connectivity index (χ1) is 13.5. The topological polar surface area (TPSA) is 58.4 Å². The standard InChI is InChI=1S/C22H19ClN4O/c1-14-7-12-19-25-20(18-6-4-3-5-15(18)2)21(27(19)13-14)26-22(28)24-17-10-8-16(23)9-11-17/h3-13H,1-2H3,(H2,24,26,28). The fourth-order valence-corrected chi connectivity index (χ4v) is 3.23. The number of amides is 2. The third kappa shape index (κ3) is 3.57. The van der Waals surface area contributed by atoms with Gasteiger partial charge in [0.15, 0.2) is 0 Å². The van der Waals surface area contributed by atoms with Crippen LogP contribution in [0.1, 0.15) is 11.1 Å². The van der Waals surface area contributed by atoms with Gasteiger partial charge in [-0.2, -0.15) is 0 Å². The van der Waals surface area contributed by atoms with E-state index in [2.05, 4.69) is 10.6 Å². The van der Waals surface area contributed by atoms with E-state index in [1.54, 1.807) is 24.3 Å². The highest BCUT2D eigenvalue weighted by atomic mass is 35.5. The molecule has 5 nitrogen and oxygen atoms in total. The Balaban J connectivity index is 1.75. The second kappa shape index (κ2) is 7.37. The molecule has 0 atom stereocenters.